The Hall–Kier alpha value is -0.120. The Morgan fingerprint density at radius 3 is 2.06 bits per heavy atom. The Kier molecular flexibility index (Phi) is 4.99. The Morgan fingerprint density at radius 2 is 1.65 bits per heavy atom. The molecule has 2 N–H and O–H groups in total. The molecule has 17 heavy (non-hydrogen) atoms. The summed E-state index contributed by atoms with van der Waals surface area (Å²) in [7, 11) is 1.79. The van der Waals surface area contributed by atoms with Crippen molar-refractivity contribution in [2.45, 2.75) is 71.1 Å². The minimum absolute atomic E-state index is 0.0222. The molecule has 0 spiro atoms. The summed E-state index contributed by atoms with van der Waals surface area (Å²) in [5.41, 5.74) is 6.54. The van der Waals surface area contributed by atoms with Crippen LogP contribution in [0.25, 0.3) is 0 Å². The van der Waals surface area contributed by atoms with Gasteiger partial charge in [0.1, 0.15) is 0 Å². The summed E-state index contributed by atoms with van der Waals surface area (Å²) in [6, 6.07) is -0.0222. The molecule has 3 nitrogen and oxygen atoms in total. The second-order valence-electron chi connectivity index (χ2n) is 6.42. The van der Waals surface area contributed by atoms with Gasteiger partial charge in [-0.15, -0.1) is 0 Å². The molecule has 1 saturated carbocycles. The van der Waals surface area contributed by atoms with Gasteiger partial charge in [0.05, 0.1) is 24.4 Å². The lowest BCUT2D eigenvalue weighted by Crippen LogP contribution is -2.55. The van der Waals surface area contributed by atoms with Crippen LogP contribution in [0, 0.1) is 5.41 Å². The molecule has 1 fully saturated rings. The van der Waals surface area contributed by atoms with Gasteiger partial charge < -0.3 is 15.2 Å². The van der Waals surface area contributed by atoms with Crippen molar-refractivity contribution in [3.05, 3.63) is 0 Å². The smallest absolute Gasteiger partial charge is 0.0851 e. The van der Waals surface area contributed by atoms with E-state index in [-0.39, 0.29) is 17.7 Å². The molecule has 1 aliphatic carbocycles. The van der Waals surface area contributed by atoms with Gasteiger partial charge in [-0.25, -0.2) is 0 Å². The van der Waals surface area contributed by atoms with Gasteiger partial charge in [-0.1, -0.05) is 13.8 Å². The van der Waals surface area contributed by atoms with Crippen LogP contribution >= 0.6 is 0 Å². The molecule has 0 bridgehead atoms. The van der Waals surface area contributed by atoms with Crippen LogP contribution in [0.15, 0.2) is 0 Å². The molecular formula is C14H29NO2. The quantitative estimate of drug-likeness (QED) is 0.807. The molecule has 0 saturated heterocycles. The van der Waals surface area contributed by atoms with Crippen LogP contribution in [0.1, 0.15) is 53.4 Å². The van der Waals surface area contributed by atoms with Gasteiger partial charge in [-0.2, -0.15) is 0 Å². The number of hydrogen-bond acceptors (Lipinski definition) is 3. The first-order chi connectivity index (χ1) is 7.81. The van der Waals surface area contributed by atoms with E-state index in [1.807, 2.05) is 13.8 Å². The average Bonchev–Trinajstić information content (AvgIpc) is 2.26. The summed E-state index contributed by atoms with van der Waals surface area (Å²) in [4.78, 5) is 0. The largest absolute Gasteiger partial charge is 0.377 e. The lowest BCUT2D eigenvalue weighted by atomic mass is 9.68. The third-order valence-corrected chi connectivity index (χ3v) is 4.14. The molecule has 3 heteroatoms. The molecule has 0 aromatic carbocycles. The fourth-order valence-corrected chi connectivity index (χ4v) is 2.52. The van der Waals surface area contributed by atoms with Crippen LogP contribution in [0.4, 0.5) is 0 Å². The van der Waals surface area contributed by atoms with Crippen LogP contribution in [-0.4, -0.2) is 31.5 Å². The van der Waals surface area contributed by atoms with Crippen molar-refractivity contribution in [1.29, 1.82) is 0 Å². The predicted octanol–water partition coefficient (Wildman–Crippen LogP) is 2.72. The predicted molar refractivity (Wildman–Crippen MR) is 71.1 cm³/mol. The molecule has 1 rings (SSSR count). The summed E-state index contributed by atoms with van der Waals surface area (Å²) in [5.74, 6) is 0. The van der Waals surface area contributed by atoms with Gasteiger partial charge in [0, 0.05) is 7.11 Å². The van der Waals surface area contributed by atoms with Crippen LogP contribution < -0.4 is 5.73 Å². The highest BCUT2D eigenvalue weighted by atomic mass is 16.5. The van der Waals surface area contributed by atoms with Crippen LogP contribution in [0.2, 0.25) is 0 Å². The van der Waals surface area contributed by atoms with Crippen molar-refractivity contribution < 1.29 is 9.47 Å². The first kappa shape index (κ1) is 14.9. The van der Waals surface area contributed by atoms with E-state index in [1.165, 1.54) is 12.8 Å². The van der Waals surface area contributed by atoms with Crippen molar-refractivity contribution in [3.8, 4) is 0 Å². The Morgan fingerprint density at radius 1 is 1.12 bits per heavy atom. The van der Waals surface area contributed by atoms with Crippen molar-refractivity contribution in [3.63, 3.8) is 0 Å². The second kappa shape index (κ2) is 5.68. The van der Waals surface area contributed by atoms with Crippen LogP contribution in [-0.2, 0) is 9.47 Å². The minimum atomic E-state index is -0.176. The van der Waals surface area contributed by atoms with Gasteiger partial charge in [0.15, 0.2) is 0 Å². The maximum absolute atomic E-state index is 6.28. The molecule has 0 amide bonds. The zero-order chi connectivity index (χ0) is 13.1. The maximum atomic E-state index is 6.28. The topological polar surface area (TPSA) is 44.5 Å². The Labute approximate surface area is 106 Å². The van der Waals surface area contributed by atoms with Gasteiger partial charge in [-0.3, -0.25) is 0 Å². The van der Waals surface area contributed by atoms with Gasteiger partial charge in [0.25, 0.3) is 0 Å². The SMILES string of the molecule is COC1(C(N)COC(C)C)CCC(C)(C)CC1. The van der Waals surface area contributed by atoms with Crippen molar-refractivity contribution >= 4 is 0 Å². The average molecular weight is 243 g/mol. The Bertz CT molecular complexity index is 228. The van der Waals surface area contributed by atoms with E-state index in [0.29, 0.717) is 12.0 Å². The van der Waals surface area contributed by atoms with Crippen molar-refractivity contribution in [2.24, 2.45) is 11.1 Å². The summed E-state index contributed by atoms with van der Waals surface area (Å²) in [6.45, 7) is 9.31. The van der Waals surface area contributed by atoms with E-state index in [1.54, 1.807) is 7.11 Å². The van der Waals surface area contributed by atoms with E-state index >= 15 is 0 Å². The number of hydrogen-bond donors (Lipinski definition) is 1. The molecule has 102 valence electrons. The third kappa shape index (κ3) is 3.94. The molecule has 0 aliphatic heterocycles. The lowest BCUT2D eigenvalue weighted by molar-refractivity contribution is -0.0974. The normalized spacial score (nSPS) is 24.9. The van der Waals surface area contributed by atoms with E-state index in [4.69, 9.17) is 15.2 Å². The number of methoxy groups -OCH3 is 1. The lowest BCUT2D eigenvalue weighted by Gasteiger charge is -2.45. The summed E-state index contributed by atoms with van der Waals surface area (Å²) in [6.07, 6.45) is 4.67. The molecule has 0 radical (unpaired) electrons. The molecule has 1 unspecified atom stereocenters. The standard InChI is InChI=1S/C14H29NO2/c1-11(2)17-10-12(15)14(16-5)8-6-13(3,4)7-9-14/h11-12H,6-10,15H2,1-5H3. The molecule has 1 aliphatic rings. The number of ether oxygens (including phenoxy) is 2. The highest BCUT2D eigenvalue weighted by Crippen LogP contribution is 2.43. The molecule has 0 heterocycles. The van der Waals surface area contributed by atoms with Crippen molar-refractivity contribution in [1.82, 2.24) is 0 Å². The van der Waals surface area contributed by atoms with E-state index in [2.05, 4.69) is 13.8 Å². The monoisotopic (exact) mass is 243 g/mol. The summed E-state index contributed by atoms with van der Waals surface area (Å²) in [5, 5.41) is 0. The zero-order valence-corrected chi connectivity index (χ0v) is 12.1. The molecule has 0 aromatic rings. The van der Waals surface area contributed by atoms with E-state index < -0.39 is 0 Å². The first-order valence-corrected chi connectivity index (χ1v) is 6.74. The van der Waals surface area contributed by atoms with Gasteiger partial charge in [-0.05, 0) is 44.9 Å². The first-order valence-electron chi connectivity index (χ1n) is 6.74. The third-order valence-electron chi connectivity index (χ3n) is 4.14. The highest BCUT2D eigenvalue weighted by molar-refractivity contribution is 4.97. The maximum Gasteiger partial charge on any atom is 0.0851 e. The number of rotatable bonds is 5. The van der Waals surface area contributed by atoms with Gasteiger partial charge in [0.2, 0.25) is 0 Å². The molecule has 1 atom stereocenters. The van der Waals surface area contributed by atoms with E-state index in [9.17, 15) is 0 Å². The highest BCUT2D eigenvalue weighted by Gasteiger charge is 2.42. The minimum Gasteiger partial charge on any atom is -0.377 e. The zero-order valence-electron chi connectivity index (χ0n) is 12.1. The summed E-state index contributed by atoms with van der Waals surface area (Å²) < 4.78 is 11.4. The number of nitrogens with two attached hydrogens (primary N) is 1. The summed E-state index contributed by atoms with van der Waals surface area (Å²) >= 11 is 0. The molecule has 0 aromatic heterocycles. The van der Waals surface area contributed by atoms with Crippen LogP contribution in [0.3, 0.4) is 0 Å². The van der Waals surface area contributed by atoms with Crippen LogP contribution in [0.5, 0.6) is 0 Å². The van der Waals surface area contributed by atoms with E-state index in [0.717, 1.165) is 12.8 Å². The van der Waals surface area contributed by atoms with Gasteiger partial charge >= 0.3 is 0 Å². The Balaban J connectivity index is 2.57. The van der Waals surface area contributed by atoms with Crippen molar-refractivity contribution in [2.75, 3.05) is 13.7 Å². The fraction of sp³-hybridized carbons (Fsp3) is 1.00. The molecular weight excluding hydrogens is 214 g/mol. The second-order valence-corrected chi connectivity index (χ2v) is 6.42. The fourth-order valence-electron chi connectivity index (χ4n) is 2.52.